The molecule has 0 spiro atoms. The maximum absolute atomic E-state index is 9.48. The van der Waals surface area contributed by atoms with Gasteiger partial charge in [-0.2, -0.15) is 0 Å². The zero-order valence-electron chi connectivity index (χ0n) is 3.79. The SMILES string of the molecule is NC(C(=O)[O-])C(=O)[O-]. The van der Waals surface area contributed by atoms with Crippen molar-refractivity contribution in [3.05, 3.63) is 0 Å². The van der Waals surface area contributed by atoms with E-state index in [-0.39, 0.29) is 0 Å². The van der Waals surface area contributed by atoms with Crippen LogP contribution < -0.4 is 15.9 Å². The highest BCUT2D eigenvalue weighted by atomic mass is 16.4. The van der Waals surface area contributed by atoms with E-state index in [2.05, 4.69) is 5.73 Å². The molecular weight excluding hydrogens is 114 g/mol. The van der Waals surface area contributed by atoms with Crippen molar-refractivity contribution >= 4 is 11.9 Å². The molecule has 0 aromatic carbocycles. The largest absolute Gasteiger partial charge is 0.548 e. The Hall–Kier alpha value is -1.10. The molecule has 0 amide bonds. The van der Waals surface area contributed by atoms with Crippen molar-refractivity contribution < 1.29 is 19.8 Å². The molecule has 46 valence electrons. The summed E-state index contributed by atoms with van der Waals surface area (Å²) < 4.78 is 0. The normalized spacial score (nSPS) is 9.25. The molecule has 2 N–H and O–H groups in total. The fourth-order valence-corrected chi connectivity index (χ4v) is 0.0962. The van der Waals surface area contributed by atoms with E-state index in [1.165, 1.54) is 0 Å². The number of rotatable bonds is 2. The summed E-state index contributed by atoms with van der Waals surface area (Å²) in [7, 11) is 0. The Morgan fingerprint density at radius 1 is 1.25 bits per heavy atom. The first-order valence-corrected chi connectivity index (χ1v) is 1.73. The minimum atomic E-state index is -2.02. The minimum Gasteiger partial charge on any atom is -0.548 e. The van der Waals surface area contributed by atoms with Gasteiger partial charge < -0.3 is 25.5 Å². The van der Waals surface area contributed by atoms with E-state index < -0.39 is 18.0 Å². The number of hydrogen-bond acceptors (Lipinski definition) is 5. The van der Waals surface area contributed by atoms with Gasteiger partial charge in [-0.15, -0.1) is 0 Å². The predicted molar refractivity (Wildman–Crippen MR) is 18.0 cm³/mol. The summed E-state index contributed by atoms with van der Waals surface area (Å²) >= 11 is 0. The molecule has 0 aliphatic heterocycles. The number of carbonyl (C=O) groups is 2. The molecule has 0 saturated carbocycles. The maximum Gasteiger partial charge on any atom is 0.0845 e. The van der Waals surface area contributed by atoms with Crippen molar-refractivity contribution in [1.82, 2.24) is 0 Å². The lowest BCUT2D eigenvalue weighted by atomic mass is 10.3. The lowest BCUT2D eigenvalue weighted by Gasteiger charge is -2.11. The summed E-state index contributed by atoms with van der Waals surface area (Å²) in [6.07, 6.45) is 0. The van der Waals surface area contributed by atoms with Crippen molar-refractivity contribution in [2.45, 2.75) is 6.04 Å². The second-order valence-corrected chi connectivity index (χ2v) is 1.12. The molecule has 0 rings (SSSR count). The van der Waals surface area contributed by atoms with Crippen LogP contribution in [0.2, 0.25) is 0 Å². The summed E-state index contributed by atoms with van der Waals surface area (Å²) in [5.41, 5.74) is 4.44. The molecule has 0 saturated heterocycles. The third kappa shape index (κ3) is 1.57. The van der Waals surface area contributed by atoms with Gasteiger partial charge in [0.05, 0.1) is 18.0 Å². The number of nitrogens with two attached hydrogens (primary N) is 1. The molecule has 0 fully saturated rings. The van der Waals surface area contributed by atoms with Gasteiger partial charge in [-0.25, -0.2) is 0 Å². The topological polar surface area (TPSA) is 106 Å². The Morgan fingerprint density at radius 2 is 1.50 bits per heavy atom. The van der Waals surface area contributed by atoms with E-state index in [1.54, 1.807) is 0 Å². The fraction of sp³-hybridized carbons (Fsp3) is 0.333. The molecule has 0 unspecified atom stereocenters. The number of aliphatic carboxylic acids is 2. The Kier molecular flexibility index (Phi) is 1.96. The number of carbonyl (C=O) groups excluding carboxylic acids is 2. The smallest absolute Gasteiger partial charge is 0.0845 e. The lowest BCUT2D eigenvalue weighted by Crippen LogP contribution is -2.53. The standard InChI is InChI=1S/C3H5NO4/c4-1(2(5)6)3(7)8/h1H,4H2,(H,5,6)(H,7,8)/p-2. The Bertz CT molecular complexity index is 106. The highest BCUT2D eigenvalue weighted by Crippen LogP contribution is 1.67. The van der Waals surface area contributed by atoms with E-state index >= 15 is 0 Å². The van der Waals surface area contributed by atoms with Crippen LogP contribution in [0.1, 0.15) is 0 Å². The Balaban J connectivity index is 3.83. The van der Waals surface area contributed by atoms with Crippen LogP contribution >= 0.6 is 0 Å². The van der Waals surface area contributed by atoms with Crippen molar-refractivity contribution in [1.29, 1.82) is 0 Å². The summed E-state index contributed by atoms with van der Waals surface area (Å²) in [6, 6.07) is -2.02. The van der Waals surface area contributed by atoms with Gasteiger partial charge in [0.15, 0.2) is 0 Å². The minimum absolute atomic E-state index is 1.84. The molecular formula is C3H3NO4-2. The number of carboxylic acids is 2. The van der Waals surface area contributed by atoms with Crippen LogP contribution in [0.4, 0.5) is 0 Å². The first-order valence-electron chi connectivity index (χ1n) is 1.73. The van der Waals surface area contributed by atoms with E-state index in [9.17, 15) is 19.8 Å². The van der Waals surface area contributed by atoms with Gasteiger partial charge in [0.1, 0.15) is 0 Å². The average molecular weight is 117 g/mol. The van der Waals surface area contributed by atoms with E-state index in [1.807, 2.05) is 0 Å². The molecule has 0 bridgehead atoms. The molecule has 5 nitrogen and oxygen atoms in total. The van der Waals surface area contributed by atoms with Crippen LogP contribution in [-0.4, -0.2) is 18.0 Å². The van der Waals surface area contributed by atoms with Crippen molar-refractivity contribution in [3.8, 4) is 0 Å². The molecule has 0 aliphatic rings. The molecule has 0 aliphatic carbocycles. The summed E-state index contributed by atoms with van der Waals surface area (Å²) in [5.74, 6) is -3.69. The second-order valence-electron chi connectivity index (χ2n) is 1.12. The summed E-state index contributed by atoms with van der Waals surface area (Å²) in [5, 5.41) is 19.0. The van der Waals surface area contributed by atoms with Crippen LogP contribution in [0.25, 0.3) is 0 Å². The third-order valence-corrected chi connectivity index (χ3v) is 0.508. The van der Waals surface area contributed by atoms with E-state index in [4.69, 9.17) is 0 Å². The maximum atomic E-state index is 9.48. The lowest BCUT2D eigenvalue weighted by molar-refractivity contribution is -0.325. The van der Waals surface area contributed by atoms with Crippen LogP contribution in [0.5, 0.6) is 0 Å². The highest BCUT2D eigenvalue weighted by molar-refractivity contribution is 5.94. The van der Waals surface area contributed by atoms with Gasteiger partial charge in [-0.05, 0) is 0 Å². The van der Waals surface area contributed by atoms with Gasteiger partial charge in [0.2, 0.25) is 0 Å². The first kappa shape index (κ1) is 6.90. The van der Waals surface area contributed by atoms with E-state index in [0.29, 0.717) is 0 Å². The van der Waals surface area contributed by atoms with Crippen LogP contribution in [0.3, 0.4) is 0 Å². The molecule has 0 radical (unpaired) electrons. The zero-order chi connectivity index (χ0) is 6.73. The first-order chi connectivity index (χ1) is 3.55. The molecule has 0 aromatic heterocycles. The molecule has 0 atom stereocenters. The monoisotopic (exact) mass is 117 g/mol. The Labute approximate surface area is 44.7 Å². The van der Waals surface area contributed by atoms with E-state index in [0.717, 1.165) is 0 Å². The molecule has 0 aromatic rings. The predicted octanol–water partition coefficient (Wildman–Crippen LogP) is -4.19. The van der Waals surface area contributed by atoms with Crippen LogP contribution in [0.15, 0.2) is 0 Å². The number of carboxylic acid groups (broad SMARTS) is 2. The average Bonchev–Trinajstić information content (AvgIpc) is 1.64. The summed E-state index contributed by atoms with van der Waals surface area (Å²) in [4.78, 5) is 19.0. The van der Waals surface area contributed by atoms with Crippen molar-refractivity contribution in [2.24, 2.45) is 5.73 Å². The van der Waals surface area contributed by atoms with Gasteiger partial charge >= 0.3 is 0 Å². The highest BCUT2D eigenvalue weighted by Gasteiger charge is 2.00. The van der Waals surface area contributed by atoms with Gasteiger partial charge in [-0.1, -0.05) is 0 Å². The fourth-order valence-electron chi connectivity index (χ4n) is 0.0962. The molecule has 8 heavy (non-hydrogen) atoms. The van der Waals surface area contributed by atoms with Crippen LogP contribution in [0, 0.1) is 0 Å². The second kappa shape index (κ2) is 2.27. The number of hydrogen-bond donors (Lipinski definition) is 1. The van der Waals surface area contributed by atoms with Crippen molar-refractivity contribution in [3.63, 3.8) is 0 Å². The molecule has 0 heterocycles. The van der Waals surface area contributed by atoms with Gasteiger partial charge in [0.25, 0.3) is 0 Å². The van der Waals surface area contributed by atoms with Crippen LogP contribution in [-0.2, 0) is 9.59 Å². The molecule has 5 heteroatoms. The third-order valence-electron chi connectivity index (χ3n) is 0.508. The van der Waals surface area contributed by atoms with Crippen molar-refractivity contribution in [2.75, 3.05) is 0 Å². The Morgan fingerprint density at radius 3 is 1.50 bits per heavy atom. The summed E-state index contributed by atoms with van der Waals surface area (Å²) in [6.45, 7) is 0. The quantitative estimate of drug-likeness (QED) is 0.369. The van der Waals surface area contributed by atoms with Gasteiger partial charge in [-0.3, -0.25) is 0 Å². The van der Waals surface area contributed by atoms with Gasteiger partial charge in [0, 0.05) is 0 Å². The zero-order valence-corrected chi connectivity index (χ0v) is 3.79.